The number of rotatable bonds is 4. The molecular weight excluding hydrogens is 369 g/mol. The van der Waals surface area contributed by atoms with Gasteiger partial charge in [0.1, 0.15) is 6.04 Å². The first-order valence-corrected chi connectivity index (χ1v) is 8.08. The third kappa shape index (κ3) is 3.96. The van der Waals surface area contributed by atoms with Crippen molar-refractivity contribution in [2.24, 2.45) is 0 Å². The van der Waals surface area contributed by atoms with Crippen LogP contribution < -0.4 is 10.2 Å². The van der Waals surface area contributed by atoms with E-state index in [4.69, 9.17) is 11.6 Å². The largest absolute Gasteiger partial charge is 0.417 e. The molecular formula is C17H14ClF3N4O. The SMILES string of the molecule is O=C(NCc1ccncc1)C1CC=CN1c1ncc(C(F)(F)F)cc1Cl. The summed E-state index contributed by atoms with van der Waals surface area (Å²) in [6.07, 6.45) is 3.16. The Morgan fingerprint density at radius 3 is 2.73 bits per heavy atom. The van der Waals surface area contributed by atoms with E-state index in [9.17, 15) is 18.0 Å². The monoisotopic (exact) mass is 382 g/mol. The van der Waals surface area contributed by atoms with Crippen LogP contribution in [0.5, 0.6) is 0 Å². The molecule has 136 valence electrons. The van der Waals surface area contributed by atoms with Crippen LogP contribution in [0.2, 0.25) is 5.02 Å². The minimum atomic E-state index is -4.53. The maximum Gasteiger partial charge on any atom is 0.417 e. The molecule has 1 aliphatic heterocycles. The smallest absolute Gasteiger partial charge is 0.350 e. The highest BCUT2D eigenvalue weighted by Gasteiger charge is 2.34. The van der Waals surface area contributed by atoms with Gasteiger partial charge in [0, 0.05) is 31.3 Å². The van der Waals surface area contributed by atoms with Crippen LogP contribution in [0.15, 0.2) is 49.1 Å². The summed E-state index contributed by atoms with van der Waals surface area (Å²) in [5.74, 6) is -0.165. The van der Waals surface area contributed by atoms with E-state index in [1.807, 2.05) is 0 Å². The molecule has 0 saturated carbocycles. The molecule has 0 aromatic carbocycles. The summed E-state index contributed by atoms with van der Waals surface area (Å²) < 4.78 is 38.2. The molecule has 1 N–H and O–H groups in total. The van der Waals surface area contributed by atoms with Crippen LogP contribution in [0.3, 0.4) is 0 Å². The third-order valence-corrected chi connectivity index (χ3v) is 4.15. The second kappa shape index (κ2) is 7.33. The molecule has 0 radical (unpaired) electrons. The number of nitrogens with one attached hydrogen (secondary N) is 1. The van der Waals surface area contributed by atoms with Crippen LogP contribution >= 0.6 is 11.6 Å². The number of hydrogen-bond acceptors (Lipinski definition) is 4. The number of pyridine rings is 2. The van der Waals surface area contributed by atoms with Gasteiger partial charge in [-0.2, -0.15) is 13.2 Å². The summed E-state index contributed by atoms with van der Waals surface area (Å²) >= 11 is 5.98. The van der Waals surface area contributed by atoms with E-state index < -0.39 is 17.8 Å². The Bertz CT molecular complexity index is 827. The lowest BCUT2D eigenvalue weighted by Gasteiger charge is -2.25. The zero-order chi connectivity index (χ0) is 18.7. The van der Waals surface area contributed by atoms with Gasteiger partial charge in [-0.1, -0.05) is 17.7 Å². The Kier molecular flexibility index (Phi) is 5.13. The second-order valence-electron chi connectivity index (χ2n) is 5.64. The summed E-state index contributed by atoms with van der Waals surface area (Å²) in [5.41, 5.74) is -0.0512. The third-order valence-electron chi connectivity index (χ3n) is 3.87. The average molecular weight is 383 g/mol. The quantitative estimate of drug-likeness (QED) is 0.878. The number of hydrogen-bond donors (Lipinski definition) is 1. The molecule has 1 unspecified atom stereocenters. The average Bonchev–Trinajstić information content (AvgIpc) is 3.09. The van der Waals surface area contributed by atoms with E-state index in [1.165, 1.54) is 4.90 Å². The summed E-state index contributed by atoms with van der Waals surface area (Å²) in [6.45, 7) is 0.319. The predicted octanol–water partition coefficient (Wildman–Crippen LogP) is 3.56. The van der Waals surface area contributed by atoms with Crippen molar-refractivity contribution in [1.82, 2.24) is 15.3 Å². The number of alkyl halides is 3. The molecule has 1 amide bonds. The standard InChI is InChI=1S/C17H14ClF3N4O/c18-13-8-12(17(19,20)21)10-23-15(13)25-7-1-2-14(25)16(26)24-9-11-3-5-22-6-4-11/h1,3-8,10,14H,2,9H2,(H,24,26). The highest BCUT2D eigenvalue weighted by Crippen LogP contribution is 2.35. The number of halogens is 4. The van der Waals surface area contributed by atoms with E-state index in [0.29, 0.717) is 19.2 Å². The van der Waals surface area contributed by atoms with Crippen LogP contribution in [0.4, 0.5) is 19.0 Å². The molecule has 0 fully saturated rings. The minimum absolute atomic E-state index is 0.109. The van der Waals surface area contributed by atoms with E-state index in [-0.39, 0.29) is 16.7 Å². The van der Waals surface area contributed by atoms with E-state index in [0.717, 1.165) is 11.6 Å². The number of aromatic nitrogens is 2. The lowest BCUT2D eigenvalue weighted by molar-refractivity contribution is -0.137. The molecule has 2 aromatic heterocycles. The van der Waals surface area contributed by atoms with Gasteiger partial charge in [0.2, 0.25) is 5.91 Å². The maximum absolute atomic E-state index is 12.7. The molecule has 3 rings (SSSR count). The zero-order valence-electron chi connectivity index (χ0n) is 13.4. The number of amides is 1. The Morgan fingerprint density at radius 2 is 2.08 bits per heavy atom. The van der Waals surface area contributed by atoms with Crippen LogP contribution in [0.25, 0.3) is 0 Å². The summed E-state index contributed by atoms with van der Waals surface area (Å²) in [4.78, 5) is 21.7. The molecule has 1 aliphatic rings. The second-order valence-corrected chi connectivity index (χ2v) is 6.05. The number of carbonyl (C=O) groups is 1. The van der Waals surface area contributed by atoms with Crippen molar-refractivity contribution in [2.45, 2.75) is 25.2 Å². The zero-order valence-corrected chi connectivity index (χ0v) is 14.1. The van der Waals surface area contributed by atoms with Crippen LogP contribution in [-0.2, 0) is 17.5 Å². The van der Waals surface area contributed by atoms with Gasteiger partial charge in [-0.3, -0.25) is 9.78 Å². The fourth-order valence-corrected chi connectivity index (χ4v) is 2.82. The van der Waals surface area contributed by atoms with E-state index in [1.54, 1.807) is 36.8 Å². The van der Waals surface area contributed by atoms with Crippen LogP contribution in [0, 0.1) is 0 Å². The molecule has 1 atom stereocenters. The van der Waals surface area contributed by atoms with Gasteiger partial charge in [-0.05, 0) is 30.2 Å². The highest BCUT2D eigenvalue weighted by molar-refractivity contribution is 6.33. The summed E-state index contributed by atoms with van der Waals surface area (Å²) in [5, 5.41) is 2.63. The van der Waals surface area contributed by atoms with Gasteiger partial charge < -0.3 is 10.2 Å². The number of carbonyl (C=O) groups excluding carboxylic acids is 1. The van der Waals surface area contributed by atoms with Gasteiger partial charge in [-0.15, -0.1) is 0 Å². The Balaban J connectivity index is 1.73. The van der Waals surface area contributed by atoms with E-state index >= 15 is 0 Å². The van der Waals surface area contributed by atoms with Crippen molar-refractivity contribution < 1.29 is 18.0 Å². The Morgan fingerprint density at radius 1 is 1.35 bits per heavy atom. The van der Waals surface area contributed by atoms with Gasteiger partial charge >= 0.3 is 6.18 Å². The lowest BCUT2D eigenvalue weighted by atomic mass is 10.2. The van der Waals surface area contributed by atoms with Gasteiger partial charge in [-0.25, -0.2) is 4.98 Å². The van der Waals surface area contributed by atoms with Gasteiger partial charge in [0.25, 0.3) is 0 Å². The highest BCUT2D eigenvalue weighted by atomic mass is 35.5. The summed E-state index contributed by atoms with van der Waals surface area (Å²) in [6, 6.07) is 3.74. The first-order valence-electron chi connectivity index (χ1n) is 7.70. The molecule has 26 heavy (non-hydrogen) atoms. The lowest BCUT2D eigenvalue weighted by Crippen LogP contribution is -2.42. The molecule has 0 saturated heterocycles. The number of nitrogens with zero attached hydrogens (tertiary/aromatic N) is 3. The van der Waals surface area contributed by atoms with Crippen LogP contribution in [-0.4, -0.2) is 21.9 Å². The Labute approximate surface area is 152 Å². The Hall–Kier alpha value is -2.61. The van der Waals surface area contributed by atoms with Crippen molar-refractivity contribution in [3.63, 3.8) is 0 Å². The predicted molar refractivity (Wildman–Crippen MR) is 90.4 cm³/mol. The fourth-order valence-electron chi connectivity index (χ4n) is 2.56. The molecule has 3 heterocycles. The van der Waals surface area contributed by atoms with Crippen molar-refractivity contribution in [2.75, 3.05) is 4.90 Å². The van der Waals surface area contributed by atoms with Crippen molar-refractivity contribution in [3.8, 4) is 0 Å². The minimum Gasteiger partial charge on any atom is -0.350 e. The molecule has 0 bridgehead atoms. The molecule has 2 aromatic rings. The summed E-state index contributed by atoms with van der Waals surface area (Å²) in [7, 11) is 0. The van der Waals surface area contributed by atoms with Crippen molar-refractivity contribution >= 4 is 23.3 Å². The van der Waals surface area contributed by atoms with Crippen molar-refractivity contribution in [3.05, 3.63) is 65.2 Å². The molecule has 0 spiro atoms. The topological polar surface area (TPSA) is 58.1 Å². The van der Waals surface area contributed by atoms with E-state index in [2.05, 4.69) is 15.3 Å². The fraction of sp³-hybridized carbons (Fsp3) is 0.235. The van der Waals surface area contributed by atoms with Crippen molar-refractivity contribution in [1.29, 1.82) is 0 Å². The number of anilines is 1. The first-order chi connectivity index (χ1) is 12.4. The maximum atomic E-state index is 12.7. The van der Waals surface area contributed by atoms with Gasteiger partial charge in [0.15, 0.2) is 5.82 Å². The molecule has 0 aliphatic carbocycles. The molecule has 9 heteroatoms. The van der Waals surface area contributed by atoms with Gasteiger partial charge in [0.05, 0.1) is 10.6 Å². The normalized spacial score (nSPS) is 16.8. The molecule has 5 nitrogen and oxygen atoms in total. The van der Waals surface area contributed by atoms with Crippen LogP contribution in [0.1, 0.15) is 17.5 Å². The first kappa shape index (κ1) is 18.2.